The summed E-state index contributed by atoms with van der Waals surface area (Å²) in [6.07, 6.45) is 50.1. The molecule has 0 aromatic rings. The van der Waals surface area contributed by atoms with Crippen molar-refractivity contribution in [1.29, 1.82) is 0 Å². The molecule has 0 fully saturated rings. The summed E-state index contributed by atoms with van der Waals surface area (Å²) >= 11 is 0. The monoisotopic (exact) mass is 755 g/mol. The molecule has 0 bridgehead atoms. The number of rotatable bonds is 44. The van der Waals surface area contributed by atoms with E-state index in [9.17, 15) is 4.57 Å². The Balaban J connectivity index is 6.16. The first-order valence-electron chi connectivity index (χ1n) is 24.4. The van der Waals surface area contributed by atoms with Crippen molar-refractivity contribution in [2.75, 3.05) is 0 Å². The van der Waals surface area contributed by atoms with Crippen LogP contribution < -0.4 is 0 Å². The van der Waals surface area contributed by atoms with Gasteiger partial charge in [0.05, 0.1) is 11.2 Å². The van der Waals surface area contributed by atoms with Gasteiger partial charge in [0, 0.05) is 0 Å². The van der Waals surface area contributed by atoms with Gasteiger partial charge in [-0.2, -0.15) is 0 Å². The predicted octanol–water partition coefficient (Wildman–Crippen LogP) is 18.6. The van der Waals surface area contributed by atoms with Crippen LogP contribution in [0, 0.1) is 0 Å². The van der Waals surface area contributed by atoms with Crippen molar-refractivity contribution in [2.45, 2.75) is 310 Å². The van der Waals surface area contributed by atoms with E-state index < -0.39 is 8.25 Å². The van der Waals surface area contributed by atoms with Crippen molar-refractivity contribution in [3.63, 3.8) is 0 Å². The Morgan fingerprint density at radius 1 is 0.269 bits per heavy atom. The second kappa shape index (κ2) is 39.4. The molecule has 0 aromatic carbocycles. The Bertz CT molecular complexity index is 634. The lowest BCUT2D eigenvalue weighted by atomic mass is 9.85. The van der Waals surface area contributed by atoms with Gasteiger partial charge in [0.1, 0.15) is 0 Å². The Kier molecular flexibility index (Phi) is 39.5. The smallest absolute Gasteiger partial charge is 0.304 e. The lowest BCUT2D eigenvalue weighted by Gasteiger charge is -2.38. The van der Waals surface area contributed by atoms with E-state index in [2.05, 4.69) is 41.5 Å². The van der Waals surface area contributed by atoms with Gasteiger partial charge in [-0.05, 0) is 38.5 Å². The second-order valence-corrected chi connectivity index (χ2v) is 18.1. The van der Waals surface area contributed by atoms with E-state index in [1.54, 1.807) is 0 Å². The molecule has 0 rings (SSSR count). The topological polar surface area (TPSA) is 35.5 Å². The van der Waals surface area contributed by atoms with E-state index in [-0.39, 0.29) is 11.2 Å². The number of hydrogen-bond donors (Lipinski definition) is 0. The third kappa shape index (κ3) is 31.4. The molecule has 0 N–H and O–H groups in total. The first-order valence-corrected chi connectivity index (χ1v) is 25.6. The van der Waals surface area contributed by atoms with E-state index in [4.69, 9.17) is 9.05 Å². The third-order valence-corrected chi connectivity index (χ3v) is 13.2. The van der Waals surface area contributed by atoms with Crippen LogP contribution in [0.5, 0.6) is 0 Å². The SMILES string of the molecule is CCCCCCCCC(CCCCCCC)(CCCCCCCC)O[PH](=O)OC(CCCCCCC)(CCCCCCCC)CCCCCCCC. The van der Waals surface area contributed by atoms with Crippen LogP contribution in [-0.4, -0.2) is 11.2 Å². The van der Waals surface area contributed by atoms with Crippen molar-refractivity contribution in [2.24, 2.45) is 0 Å². The maximum atomic E-state index is 14.6. The number of unbranched alkanes of at least 4 members (excludes halogenated alkanes) is 28. The summed E-state index contributed by atoms with van der Waals surface area (Å²) in [6, 6.07) is 0. The summed E-state index contributed by atoms with van der Waals surface area (Å²) in [5.41, 5.74) is -0.574. The molecule has 0 aromatic heterocycles. The summed E-state index contributed by atoms with van der Waals surface area (Å²) in [5.74, 6) is 0. The zero-order valence-electron chi connectivity index (χ0n) is 37.0. The highest BCUT2D eigenvalue weighted by atomic mass is 31.1. The minimum atomic E-state index is -2.65. The van der Waals surface area contributed by atoms with Gasteiger partial charge in [-0.3, -0.25) is 4.57 Å². The molecular formula is C48H99O3P. The predicted molar refractivity (Wildman–Crippen MR) is 235 cm³/mol. The van der Waals surface area contributed by atoms with E-state index in [0.717, 1.165) is 38.5 Å². The van der Waals surface area contributed by atoms with Gasteiger partial charge < -0.3 is 9.05 Å². The summed E-state index contributed by atoms with van der Waals surface area (Å²) in [7, 11) is -2.65. The van der Waals surface area contributed by atoms with E-state index in [0.29, 0.717) is 0 Å². The molecule has 4 heteroatoms. The molecule has 0 saturated carbocycles. The molecular weight excluding hydrogens is 655 g/mol. The molecule has 52 heavy (non-hydrogen) atoms. The Labute approximate surface area is 330 Å². The van der Waals surface area contributed by atoms with E-state index in [1.807, 2.05) is 0 Å². The van der Waals surface area contributed by atoms with Gasteiger partial charge in [0.25, 0.3) is 0 Å². The number of hydrogen-bond acceptors (Lipinski definition) is 3. The van der Waals surface area contributed by atoms with Crippen LogP contribution in [-0.2, 0) is 13.6 Å². The molecule has 0 aliphatic carbocycles. The lowest BCUT2D eigenvalue weighted by Crippen LogP contribution is -2.34. The highest BCUT2D eigenvalue weighted by molar-refractivity contribution is 7.33. The van der Waals surface area contributed by atoms with Crippen LogP contribution in [0.3, 0.4) is 0 Å². The van der Waals surface area contributed by atoms with E-state index in [1.165, 1.54) is 218 Å². The largest absolute Gasteiger partial charge is 0.320 e. The summed E-state index contributed by atoms with van der Waals surface area (Å²) in [4.78, 5) is 0. The van der Waals surface area contributed by atoms with Crippen LogP contribution in [0.15, 0.2) is 0 Å². The fourth-order valence-electron chi connectivity index (χ4n) is 8.44. The molecule has 0 aliphatic rings. The molecule has 0 saturated heterocycles. The summed E-state index contributed by atoms with van der Waals surface area (Å²) in [6.45, 7) is 13.8. The Morgan fingerprint density at radius 2 is 0.423 bits per heavy atom. The van der Waals surface area contributed by atoms with Crippen molar-refractivity contribution < 1.29 is 13.6 Å². The zero-order valence-corrected chi connectivity index (χ0v) is 38.0. The fraction of sp³-hybridized carbons (Fsp3) is 1.00. The molecule has 0 radical (unpaired) electrons. The highest BCUT2D eigenvalue weighted by Gasteiger charge is 2.37. The average molecular weight is 755 g/mol. The van der Waals surface area contributed by atoms with Gasteiger partial charge >= 0.3 is 8.25 Å². The van der Waals surface area contributed by atoms with Crippen LogP contribution in [0.2, 0.25) is 0 Å². The van der Waals surface area contributed by atoms with Gasteiger partial charge in [-0.25, -0.2) is 0 Å². The fourth-order valence-corrected chi connectivity index (χ4v) is 9.80. The van der Waals surface area contributed by atoms with Gasteiger partial charge in [0.15, 0.2) is 0 Å². The summed E-state index contributed by atoms with van der Waals surface area (Å²) < 4.78 is 28.7. The standard InChI is InChI=1S/C48H99O3P/c1-7-13-19-25-31-37-43-47(41-35-29-23-17-11-5,44-38-32-26-20-14-8-2)50-52(49)51-48(42-36-30-24-18-12-6,45-39-33-27-21-15-9-3)46-40-34-28-22-16-10-4/h52H,7-46H2,1-6H3. The second-order valence-electron chi connectivity index (χ2n) is 17.2. The van der Waals surface area contributed by atoms with E-state index >= 15 is 0 Å². The zero-order chi connectivity index (χ0) is 38.3. The normalized spacial score (nSPS) is 12.4. The molecule has 0 unspecified atom stereocenters. The maximum Gasteiger partial charge on any atom is 0.320 e. The maximum absolute atomic E-state index is 14.6. The first kappa shape index (κ1) is 52.2. The molecule has 0 atom stereocenters. The third-order valence-electron chi connectivity index (χ3n) is 12.0. The van der Waals surface area contributed by atoms with Gasteiger partial charge in [0.2, 0.25) is 0 Å². The van der Waals surface area contributed by atoms with Crippen molar-refractivity contribution in [3.05, 3.63) is 0 Å². The molecule has 0 aliphatic heterocycles. The van der Waals surface area contributed by atoms with Crippen LogP contribution in [0.1, 0.15) is 298 Å². The van der Waals surface area contributed by atoms with Crippen molar-refractivity contribution >= 4 is 8.25 Å². The molecule has 0 amide bonds. The molecule has 0 heterocycles. The van der Waals surface area contributed by atoms with Crippen LogP contribution in [0.4, 0.5) is 0 Å². The molecule has 3 nitrogen and oxygen atoms in total. The molecule has 314 valence electrons. The minimum absolute atomic E-state index is 0.287. The van der Waals surface area contributed by atoms with Crippen molar-refractivity contribution in [1.82, 2.24) is 0 Å². The van der Waals surface area contributed by atoms with Crippen molar-refractivity contribution in [3.8, 4) is 0 Å². The Hall–Kier alpha value is 0.150. The molecule has 0 spiro atoms. The average Bonchev–Trinajstić information content (AvgIpc) is 3.14. The van der Waals surface area contributed by atoms with Crippen LogP contribution >= 0.6 is 8.25 Å². The first-order chi connectivity index (χ1) is 25.5. The quantitative estimate of drug-likeness (QED) is 0.0459. The lowest BCUT2D eigenvalue weighted by molar-refractivity contribution is -0.0186. The summed E-state index contributed by atoms with van der Waals surface area (Å²) in [5, 5.41) is 0. The van der Waals surface area contributed by atoms with Gasteiger partial charge in [-0.1, -0.05) is 260 Å². The van der Waals surface area contributed by atoms with Crippen LogP contribution in [0.25, 0.3) is 0 Å². The van der Waals surface area contributed by atoms with Gasteiger partial charge in [-0.15, -0.1) is 0 Å². The minimum Gasteiger partial charge on any atom is -0.304 e. The highest BCUT2D eigenvalue weighted by Crippen LogP contribution is 2.47. The Morgan fingerprint density at radius 3 is 0.596 bits per heavy atom.